The molecule has 0 radical (unpaired) electrons. The average Bonchev–Trinajstić information content (AvgIpc) is 3.45. The summed E-state index contributed by atoms with van der Waals surface area (Å²) in [7, 11) is 0. The van der Waals surface area contributed by atoms with Gasteiger partial charge in [0.05, 0.1) is 5.52 Å². The zero-order valence-corrected chi connectivity index (χ0v) is 14.1. The average molecular weight is 332 g/mol. The SMILES string of the molecule is Cc1ccc(C(=O)NCC2CC2)cc1-c1ccc2ncnc(N)c2c1. The van der Waals surface area contributed by atoms with Gasteiger partial charge < -0.3 is 11.1 Å². The summed E-state index contributed by atoms with van der Waals surface area (Å²) in [5.74, 6) is 1.11. The van der Waals surface area contributed by atoms with Crippen LogP contribution in [0.2, 0.25) is 0 Å². The van der Waals surface area contributed by atoms with E-state index in [0.29, 0.717) is 17.3 Å². The van der Waals surface area contributed by atoms with Crippen molar-refractivity contribution in [3.8, 4) is 11.1 Å². The summed E-state index contributed by atoms with van der Waals surface area (Å²) in [6.07, 6.45) is 3.91. The summed E-state index contributed by atoms with van der Waals surface area (Å²) in [4.78, 5) is 20.7. The number of anilines is 1. The highest BCUT2D eigenvalue weighted by molar-refractivity contribution is 5.97. The Morgan fingerprint density at radius 3 is 2.84 bits per heavy atom. The summed E-state index contributed by atoms with van der Waals surface area (Å²) in [6, 6.07) is 11.7. The molecule has 0 unspecified atom stereocenters. The second-order valence-electron chi connectivity index (χ2n) is 6.67. The molecule has 1 saturated carbocycles. The summed E-state index contributed by atoms with van der Waals surface area (Å²) in [5.41, 5.74) is 10.6. The Morgan fingerprint density at radius 1 is 1.20 bits per heavy atom. The van der Waals surface area contributed by atoms with Gasteiger partial charge in [0.2, 0.25) is 0 Å². The number of amides is 1. The molecular formula is C20H20N4O. The predicted octanol–water partition coefficient (Wildman–Crippen LogP) is 3.33. The van der Waals surface area contributed by atoms with Crippen LogP contribution in [0.15, 0.2) is 42.7 Å². The van der Waals surface area contributed by atoms with Gasteiger partial charge >= 0.3 is 0 Å². The fourth-order valence-corrected chi connectivity index (χ4v) is 2.98. The van der Waals surface area contributed by atoms with Crippen molar-refractivity contribution in [1.82, 2.24) is 15.3 Å². The molecule has 126 valence electrons. The molecule has 0 bridgehead atoms. The molecule has 1 amide bonds. The van der Waals surface area contributed by atoms with E-state index in [-0.39, 0.29) is 5.91 Å². The molecule has 1 fully saturated rings. The molecule has 5 heteroatoms. The first-order chi connectivity index (χ1) is 12.1. The van der Waals surface area contributed by atoms with Gasteiger partial charge in [0.1, 0.15) is 12.1 Å². The van der Waals surface area contributed by atoms with Crippen LogP contribution in [0.1, 0.15) is 28.8 Å². The molecule has 0 saturated heterocycles. The number of aromatic nitrogens is 2. The van der Waals surface area contributed by atoms with Crippen LogP contribution in [0.3, 0.4) is 0 Å². The van der Waals surface area contributed by atoms with Gasteiger partial charge in [0, 0.05) is 17.5 Å². The van der Waals surface area contributed by atoms with Crippen LogP contribution in [-0.4, -0.2) is 22.4 Å². The molecular weight excluding hydrogens is 312 g/mol. The van der Waals surface area contributed by atoms with Crippen LogP contribution in [-0.2, 0) is 0 Å². The first kappa shape index (κ1) is 15.6. The molecule has 0 spiro atoms. The van der Waals surface area contributed by atoms with Crippen molar-refractivity contribution in [2.75, 3.05) is 12.3 Å². The normalized spacial score (nSPS) is 13.8. The van der Waals surface area contributed by atoms with E-state index in [1.165, 1.54) is 19.2 Å². The number of aryl methyl sites for hydroxylation is 1. The van der Waals surface area contributed by atoms with Gasteiger partial charge in [-0.15, -0.1) is 0 Å². The number of nitrogens with zero attached hydrogens (tertiary/aromatic N) is 2. The molecule has 0 aliphatic heterocycles. The van der Waals surface area contributed by atoms with Gasteiger partial charge in [-0.05, 0) is 66.6 Å². The van der Waals surface area contributed by atoms with Crippen LogP contribution < -0.4 is 11.1 Å². The standard InChI is InChI=1S/C20H20N4O/c1-12-2-5-15(20(25)22-10-13-3-4-13)9-16(12)14-6-7-18-17(8-14)19(21)24-11-23-18/h2,5-9,11,13H,3-4,10H2,1H3,(H,22,25)(H2,21,23,24). The van der Waals surface area contributed by atoms with Crippen LogP contribution >= 0.6 is 0 Å². The second-order valence-corrected chi connectivity index (χ2v) is 6.67. The van der Waals surface area contributed by atoms with E-state index in [0.717, 1.165) is 34.1 Å². The number of benzene rings is 2. The molecule has 4 rings (SSSR count). The monoisotopic (exact) mass is 332 g/mol. The van der Waals surface area contributed by atoms with Gasteiger partial charge in [0.25, 0.3) is 5.91 Å². The lowest BCUT2D eigenvalue weighted by Crippen LogP contribution is -2.25. The maximum Gasteiger partial charge on any atom is 0.251 e. The molecule has 25 heavy (non-hydrogen) atoms. The van der Waals surface area contributed by atoms with Crippen molar-refractivity contribution in [2.45, 2.75) is 19.8 Å². The minimum Gasteiger partial charge on any atom is -0.383 e. The van der Waals surface area contributed by atoms with Gasteiger partial charge in [-0.25, -0.2) is 9.97 Å². The third-order valence-corrected chi connectivity index (χ3v) is 4.73. The lowest BCUT2D eigenvalue weighted by Gasteiger charge is -2.11. The smallest absolute Gasteiger partial charge is 0.251 e. The Bertz CT molecular complexity index is 963. The van der Waals surface area contributed by atoms with Crippen LogP contribution in [0.25, 0.3) is 22.0 Å². The van der Waals surface area contributed by atoms with Gasteiger partial charge in [0.15, 0.2) is 0 Å². The van der Waals surface area contributed by atoms with Crippen molar-refractivity contribution in [3.05, 3.63) is 53.9 Å². The lowest BCUT2D eigenvalue weighted by molar-refractivity contribution is 0.0952. The van der Waals surface area contributed by atoms with Crippen molar-refractivity contribution in [2.24, 2.45) is 5.92 Å². The number of fused-ring (bicyclic) bond motifs is 1. The van der Waals surface area contributed by atoms with Gasteiger partial charge in [-0.1, -0.05) is 12.1 Å². The number of rotatable bonds is 4. The highest BCUT2D eigenvalue weighted by Gasteiger charge is 2.22. The Kier molecular flexibility index (Phi) is 3.84. The van der Waals surface area contributed by atoms with Gasteiger partial charge in [-0.2, -0.15) is 0 Å². The fourth-order valence-electron chi connectivity index (χ4n) is 2.98. The molecule has 2 aromatic carbocycles. The molecule has 5 nitrogen and oxygen atoms in total. The van der Waals surface area contributed by atoms with E-state index in [1.807, 2.05) is 43.3 Å². The number of carbonyl (C=O) groups is 1. The Hall–Kier alpha value is -2.95. The number of hydrogen-bond donors (Lipinski definition) is 2. The topological polar surface area (TPSA) is 80.9 Å². The van der Waals surface area contributed by atoms with E-state index in [1.54, 1.807) is 0 Å². The zero-order chi connectivity index (χ0) is 17.4. The van der Waals surface area contributed by atoms with Crippen molar-refractivity contribution in [1.29, 1.82) is 0 Å². The van der Waals surface area contributed by atoms with E-state index in [4.69, 9.17) is 5.73 Å². The quantitative estimate of drug-likeness (QED) is 0.768. The number of hydrogen-bond acceptors (Lipinski definition) is 4. The third kappa shape index (κ3) is 3.18. The van der Waals surface area contributed by atoms with E-state index in [9.17, 15) is 4.79 Å². The Morgan fingerprint density at radius 2 is 2.04 bits per heavy atom. The highest BCUT2D eigenvalue weighted by atomic mass is 16.1. The number of nitrogen functional groups attached to an aromatic ring is 1. The fraction of sp³-hybridized carbons (Fsp3) is 0.250. The summed E-state index contributed by atoms with van der Waals surface area (Å²) in [5, 5.41) is 3.84. The predicted molar refractivity (Wildman–Crippen MR) is 99.2 cm³/mol. The Balaban J connectivity index is 1.70. The van der Waals surface area contributed by atoms with Crippen molar-refractivity contribution in [3.63, 3.8) is 0 Å². The van der Waals surface area contributed by atoms with Gasteiger partial charge in [-0.3, -0.25) is 4.79 Å². The molecule has 1 heterocycles. The maximum atomic E-state index is 12.4. The summed E-state index contributed by atoms with van der Waals surface area (Å²) >= 11 is 0. The molecule has 3 aromatic rings. The zero-order valence-electron chi connectivity index (χ0n) is 14.1. The van der Waals surface area contributed by atoms with Crippen LogP contribution in [0.4, 0.5) is 5.82 Å². The molecule has 1 aromatic heterocycles. The number of nitrogens with two attached hydrogens (primary N) is 1. The van der Waals surface area contributed by atoms with E-state index < -0.39 is 0 Å². The summed E-state index contributed by atoms with van der Waals surface area (Å²) in [6.45, 7) is 2.81. The maximum absolute atomic E-state index is 12.4. The molecule has 0 atom stereocenters. The second kappa shape index (κ2) is 6.16. The number of nitrogens with one attached hydrogen (secondary N) is 1. The van der Waals surface area contributed by atoms with E-state index in [2.05, 4.69) is 15.3 Å². The minimum absolute atomic E-state index is 0.0169. The largest absolute Gasteiger partial charge is 0.383 e. The van der Waals surface area contributed by atoms with Crippen molar-refractivity contribution >= 4 is 22.6 Å². The van der Waals surface area contributed by atoms with Crippen LogP contribution in [0, 0.1) is 12.8 Å². The first-order valence-electron chi connectivity index (χ1n) is 8.51. The summed E-state index contributed by atoms with van der Waals surface area (Å²) < 4.78 is 0. The molecule has 3 N–H and O–H groups in total. The lowest BCUT2D eigenvalue weighted by atomic mass is 9.96. The minimum atomic E-state index is -0.0169. The third-order valence-electron chi connectivity index (χ3n) is 4.73. The van der Waals surface area contributed by atoms with Crippen LogP contribution in [0.5, 0.6) is 0 Å². The Labute approximate surface area is 146 Å². The first-order valence-corrected chi connectivity index (χ1v) is 8.51. The molecule has 1 aliphatic carbocycles. The number of carbonyl (C=O) groups excluding carboxylic acids is 1. The van der Waals surface area contributed by atoms with E-state index >= 15 is 0 Å². The highest BCUT2D eigenvalue weighted by Crippen LogP contribution is 2.30. The van der Waals surface area contributed by atoms with Crippen molar-refractivity contribution < 1.29 is 4.79 Å². The molecule has 1 aliphatic rings.